The van der Waals surface area contributed by atoms with Crippen molar-refractivity contribution in [1.82, 2.24) is 10.4 Å². The van der Waals surface area contributed by atoms with Crippen molar-refractivity contribution in [3.8, 4) is 0 Å². The van der Waals surface area contributed by atoms with E-state index in [4.69, 9.17) is 5.73 Å². The van der Waals surface area contributed by atoms with Gasteiger partial charge < -0.3 is 11.1 Å². The lowest BCUT2D eigenvalue weighted by molar-refractivity contribution is -0.289. The van der Waals surface area contributed by atoms with Gasteiger partial charge in [-0.25, -0.2) is 4.79 Å². The average Bonchev–Trinajstić information content (AvgIpc) is 1.97. The standard InChI is InChI=1S/C10H20N3O2/c1-9(2)5-7(12-8(11)14)6-10(3,4)13(9)15/h7H,5-6H2,1-4H3,(H3,11,12,14). The number of amides is 2. The first-order valence-corrected chi connectivity index (χ1v) is 5.18. The predicted molar refractivity (Wildman–Crippen MR) is 56.4 cm³/mol. The largest absolute Gasteiger partial charge is 0.352 e. The Hall–Kier alpha value is -0.810. The molecule has 1 aliphatic rings. The van der Waals surface area contributed by atoms with Gasteiger partial charge in [0.25, 0.3) is 0 Å². The van der Waals surface area contributed by atoms with E-state index in [0.29, 0.717) is 12.8 Å². The molecule has 1 fully saturated rings. The molecule has 0 saturated carbocycles. The molecule has 87 valence electrons. The third-order valence-electron chi connectivity index (χ3n) is 2.94. The Bertz CT molecular complexity index is 245. The molecule has 1 radical (unpaired) electrons. The number of carbonyl (C=O) groups is 1. The summed E-state index contributed by atoms with van der Waals surface area (Å²) in [5.41, 5.74) is 4.17. The minimum atomic E-state index is -0.522. The summed E-state index contributed by atoms with van der Waals surface area (Å²) in [4.78, 5) is 10.8. The van der Waals surface area contributed by atoms with E-state index in [9.17, 15) is 10.0 Å². The number of nitrogens with zero attached hydrogens (tertiary/aromatic N) is 1. The number of primary amides is 1. The van der Waals surface area contributed by atoms with Crippen LogP contribution in [0.3, 0.4) is 0 Å². The van der Waals surface area contributed by atoms with Gasteiger partial charge in [0.1, 0.15) is 0 Å². The molecule has 0 aromatic heterocycles. The van der Waals surface area contributed by atoms with Crippen molar-refractivity contribution >= 4 is 6.03 Å². The summed E-state index contributed by atoms with van der Waals surface area (Å²) in [6.07, 6.45) is 1.26. The normalized spacial score (nSPS) is 26.2. The van der Waals surface area contributed by atoms with Crippen molar-refractivity contribution in [2.24, 2.45) is 5.73 Å². The summed E-state index contributed by atoms with van der Waals surface area (Å²) in [6, 6.07) is -0.538. The van der Waals surface area contributed by atoms with Crippen LogP contribution in [0, 0.1) is 0 Å². The van der Waals surface area contributed by atoms with E-state index < -0.39 is 17.1 Å². The highest BCUT2D eigenvalue weighted by Crippen LogP contribution is 2.36. The average molecular weight is 214 g/mol. The molecule has 0 aromatic carbocycles. The van der Waals surface area contributed by atoms with Crippen LogP contribution in [-0.2, 0) is 5.21 Å². The summed E-state index contributed by atoms with van der Waals surface area (Å²) in [5.74, 6) is 0. The Balaban J connectivity index is 2.79. The minimum absolute atomic E-state index is 0.0160. The molecule has 1 saturated heterocycles. The van der Waals surface area contributed by atoms with E-state index in [0.717, 1.165) is 5.06 Å². The Morgan fingerprint density at radius 2 is 1.67 bits per heavy atom. The molecule has 15 heavy (non-hydrogen) atoms. The Morgan fingerprint density at radius 3 is 2.00 bits per heavy atom. The van der Waals surface area contributed by atoms with Gasteiger partial charge in [-0.3, -0.25) is 0 Å². The first-order chi connectivity index (χ1) is 6.65. The van der Waals surface area contributed by atoms with E-state index in [1.165, 1.54) is 0 Å². The van der Waals surface area contributed by atoms with E-state index in [1.54, 1.807) is 0 Å². The summed E-state index contributed by atoms with van der Waals surface area (Å²) in [7, 11) is 0. The van der Waals surface area contributed by atoms with Crippen LogP contribution in [-0.4, -0.2) is 28.2 Å². The lowest BCUT2D eigenvalue weighted by Crippen LogP contribution is -2.62. The molecule has 0 bridgehead atoms. The van der Waals surface area contributed by atoms with E-state index in [2.05, 4.69) is 5.32 Å². The molecular weight excluding hydrogens is 194 g/mol. The van der Waals surface area contributed by atoms with Crippen LogP contribution in [0.5, 0.6) is 0 Å². The fourth-order valence-electron chi connectivity index (χ4n) is 2.57. The fourth-order valence-corrected chi connectivity index (χ4v) is 2.57. The van der Waals surface area contributed by atoms with Crippen LogP contribution in [0.25, 0.3) is 0 Å². The molecule has 0 unspecified atom stereocenters. The van der Waals surface area contributed by atoms with Gasteiger partial charge in [-0.15, -0.1) is 10.3 Å². The van der Waals surface area contributed by atoms with Gasteiger partial charge in [0.2, 0.25) is 0 Å². The van der Waals surface area contributed by atoms with E-state index in [1.807, 2.05) is 27.7 Å². The quantitative estimate of drug-likeness (QED) is 0.683. The maximum Gasteiger partial charge on any atom is 0.312 e. The molecule has 1 aliphatic heterocycles. The van der Waals surface area contributed by atoms with Gasteiger partial charge in [-0.1, -0.05) is 0 Å². The van der Waals surface area contributed by atoms with Gasteiger partial charge in [0.15, 0.2) is 0 Å². The zero-order valence-electron chi connectivity index (χ0n) is 9.83. The third kappa shape index (κ3) is 2.60. The zero-order chi connectivity index (χ0) is 11.9. The molecular formula is C10H20N3O2. The predicted octanol–water partition coefficient (Wildman–Crippen LogP) is 1.02. The minimum Gasteiger partial charge on any atom is -0.352 e. The second kappa shape index (κ2) is 3.64. The highest BCUT2D eigenvalue weighted by atomic mass is 16.5. The van der Waals surface area contributed by atoms with Crippen LogP contribution >= 0.6 is 0 Å². The summed E-state index contributed by atoms with van der Waals surface area (Å²) in [5, 5.41) is 15.8. The molecule has 2 amide bonds. The Labute approximate surface area is 90.6 Å². The highest BCUT2D eigenvalue weighted by Gasteiger charge is 2.46. The van der Waals surface area contributed by atoms with Crippen LogP contribution < -0.4 is 11.1 Å². The molecule has 0 aliphatic carbocycles. The molecule has 0 spiro atoms. The Kier molecular flexibility index (Phi) is 2.98. The molecule has 5 heteroatoms. The molecule has 0 aromatic rings. The maximum atomic E-state index is 12.0. The maximum absolute atomic E-state index is 12.0. The van der Waals surface area contributed by atoms with E-state index >= 15 is 0 Å². The molecule has 3 N–H and O–H groups in total. The molecule has 1 heterocycles. The number of hydroxylamine groups is 2. The SMILES string of the molecule is CC1(C)CC(NC(N)=O)CC(C)(C)N1[O]. The molecule has 1 rings (SSSR count). The summed E-state index contributed by atoms with van der Waals surface area (Å²) < 4.78 is 0. The van der Waals surface area contributed by atoms with Gasteiger partial charge in [-0.05, 0) is 40.5 Å². The smallest absolute Gasteiger partial charge is 0.312 e. The van der Waals surface area contributed by atoms with Crippen molar-refractivity contribution in [1.29, 1.82) is 0 Å². The zero-order valence-corrected chi connectivity index (χ0v) is 9.83. The fraction of sp³-hybridized carbons (Fsp3) is 0.900. The Morgan fingerprint density at radius 1 is 1.27 bits per heavy atom. The molecule has 5 nitrogen and oxygen atoms in total. The second-order valence-electron chi connectivity index (χ2n) is 5.53. The van der Waals surface area contributed by atoms with Crippen LogP contribution in [0.4, 0.5) is 4.79 Å². The number of carbonyl (C=O) groups excluding carboxylic acids is 1. The highest BCUT2D eigenvalue weighted by molar-refractivity contribution is 5.72. The van der Waals surface area contributed by atoms with Gasteiger partial charge in [0.05, 0.1) is 0 Å². The number of hydrogen-bond acceptors (Lipinski definition) is 2. The summed E-state index contributed by atoms with van der Waals surface area (Å²) >= 11 is 0. The number of nitrogens with one attached hydrogen (secondary N) is 1. The van der Waals surface area contributed by atoms with Crippen LogP contribution in [0.2, 0.25) is 0 Å². The van der Waals surface area contributed by atoms with Gasteiger partial charge >= 0.3 is 6.03 Å². The number of piperidine rings is 1. The second-order valence-corrected chi connectivity index (χ2v) is 5.53. The first-order valence-electron chi connectivity index (χ1n) is 5.18. The number of nitrogens with two attached hydrogens (primary N) is 1. The van der Waals surface area contributed by atoms with Crippen molar-refractivity contribution in [2.45, 2.75) is 57.7 Å². The lowest BCUT2D eigenvalue weighted by atomic mass is 9.79. The molecule has 0 atom stereocenters. The summed E-state index contributed by atoms with van der Waals surface area (Å²) in [6.45, 7) is 7.54. The van der Waals surface area contributed by atoms with Crippen molar-refractivity contribution < 1.29 is 10.0 Å². The first kappa shape index (κ1) is 12.3. The van der Waals surface area contributed by atoms with Crippen molar-refractivity contribution in [3.05, 3.63) is 0 Å². The van der Waals surface area contributed by atoms with Crippen molar-refractivity contribution in [2.75, 3.05) is 0 Å². The number of hydrogen-bond donors (Lipinski definition) is 2. The number of rotatable bonds is 1. The van der Waals surface area contributed by atoms with Crippen LogP contribution in [0.1, 0.15) is 40.5 Å². The lowest BCUT2D eigenvalue weighted by Gasteiger charge is -2.49. The topological polar surface area (TPSA) is 78.3 Å². The van der Waals surface area contributed by atoms with Gasteiger partial charge in [0, 0.05) is 17.1 Å². The van der Waals surface area contributed by atoms with Gasteiger partial charge in [-0.2, -0.15) is 0 Å². The van der Waals surface area contributed by atoms with Crippen LogP contribution in [0.15, 0.2) is 0 Å². The van der Waals surface area contributed by atoms with Crippen molar-refractivity contribution in [3.63, 3.8) is 0 Å². The third-order valence-corrected chi connectivity index (χ3v) is 2.94. The van der Waals surface area contributed by atoms with E-state index in [-0.39, 0.29) is 6.04 Å². The number of urea groups is 1. The monoisotopic (exact) mass is 214 g/mol.